The smallest absolute Gasteiger partial charge is 0.139 e. The molecule has 0 aromatic carbocycles. The number of fused-ring (bicyclic) bond motifs is 5. The van der Waals surface area contributed by atoms with E-state index in [1.165, 1.54) is 0 Å². The normalized spacial score (nSPS) is 53.7. The van der Waals surface area contributed by atoms with Gasteiger partial charge in [-0.25, -0.2) is 0 Å². The highest BCUT2D eigenvalue weighted by atomic mass is 16.5. The lowest BCUT2D eigenvalue weighted by Crippen LogP contribution is -2.65. The van der Waals surface area contributed by atoms with Crippen LogP contribution >= 0.6 is 0 Å². The molecule has 5 fully saturated rings. The summed E-state index contributed by atoms with van der Waals surface area (Å²) in [5, 5.41) is 32.6. The van der Waals surface area contributed by atoms with Crippen molar-refractivity contribution < 1.29 is 24.9 Å². The predicted octanol–water partition coefficient (Wildman–Crippen LogP) is 4.89. The summed E-state index contributed by atoms with van der Waals surface area (Å²) in [5.74, 6) is 1.07. The second-order valence-electron chi connectivity index (χ2n) is 15.2. The van der Waals surface area contributed by atoms with Crippen LogP contribution in [0.2, 0.25) is 0 Å². The first-order valence-electron chi connectivity index (χ1n) is 14.3. The summed E-state index contributed by atoms with van der Waals surface area (Å²) < 4.78 is 6.54. The molecule has 0 amide bonds. The molecule has 1 saturated heterocycles. The Morgan fingerprint density at radius 3 is 2.23 bits per heavy atom. The topological polar surface area (TPSA) is 87.0 Å². The van der Waals surface area contributed by atoms with Crippen molar-refractivity contribution in [2.45, 2.75) is 130 Å². The number of hydrogen-bond acceptors (Lipinski definition) is 5. The van der Waals surface area contributed by atoms with Crippen LogP contribution in [0.15, 0.2) is 0 Å². The van der Waals surface area contributed by atoms with Gasteiger partial charge in [0.1, 0.15) is 5.78 Å². The number of Topliss-reactive ketones (excluding diaryl/α,β-unsaturated/α-hetero) is 1. The van der Waals surface area contributed by atoms with Gasteiger partial charge in [0, 0.05) is 24.4 Å². The van der Waals surface area contributed by atoms with Crippen LogP contribution in [-0.4, -0.2) is 51.1 Å². The molecule has 200 valence electrons. The van der Waals surface area contributed by atoms with Crippen molar-refractivity contribution in [2.75, 3.05) is 6.61 Å². The van der Waals surface area contributed by atoms with Gasteiger partial charge < -0.3 is 20.1 Å². The van der Waals surface area contributed by atoms with E-state index in [0.717, 1.165) is 51.4 Å². The molecule has 5 rings (SSSR count). The molecule has 1 heterocycles. The van der Waals surface area contributed by atoms with E-state index in [-0.39, 0.29) is 52.7 Å². The van der Waals surface area contributed by atoms with E-state index in [0.29, 0.717) is 18.3 Å². The first-order chi connectivity index (χ1) is 16.1. The van der Waals surface area contributed by atoms with Gasteiger partial charge in [-0.1, -0.05) is 27.7 Å². The van der Waals surface area contributed by atoms with E-state index < -0.39 is 16.6 Å². The zero-order valence-corrected chi connectivity index (χ0v) is 23.2. The number of hydrogen-bond donors (Lipinski definition) is 3. The lowest BCUT2D eigenvalue weighted by atomic mass is 9.35. The predicted molar refractivity (Wildman–Crippen MR) is 136 cm³/mol. The van der Waals surface area contributed by atoms with E-state index in [2.05, 4.69) is 34.6 Å². The van der Waals surface area contributed by atoms with E-state index in [1.807, 2.05) is 0 Å². The van der Waals surface area contributed by atoms with Gasteiger partial charge in [0.25, 0.3) is 0 Å². The Morgan fingerprint density at radius 2 is 1.63 bits per heavy atom. The Labute approximate surface area is 212 Å². The minimum atomic E-state index is -0.928. The van der Waals surface area contributed by atoms with Crippen LogP contribution in [0.4, 0.5) is 0 Å². The van der Waals surface area contributed by atoms with Crippen LogP contribution in [0.25, 0.3) is 0 Å². The number of carbonyl (C=O) groups is 1. The van der Waals surface area contributed by atoms with Gasteiger partial charge in [-0.05, 0) is 106 Å². The van der Waals surface area contributed by atoms with Crippen LogP contribution in [0, 0.1) is 45.3 Å². The maximum absolute atomic E-state index is 13.9. The summed E-state index contributed by atoms with van der Waals surface area (Å²) in [7, 11) is 0. The molecule has 1 aliphatic heterocycles. The summed E-state index contributed by atoms with van der Waals surface area (Å²) >= 11 is 0. The minimum absolute atomic E-state index is 0.0602. The molecule has 0 aromatic rings. The lowest BCUT2D eigenvalue weighted by Gasteiger charge is -2.70. The Morgan fingerprint density at radius 1 is 0.943 bits per heavy atom. The fourth-order valence-corrected chi connectivity index (χ4v) is 11.0. The van der Waals surface area contributed by atoms with Crippen molar-refractivity contribution in [3.05, 3.63) is 0 Å². The number of ether oxygens (including phenoxy) is 1. The van der Waals surface area contributed by atoms with E-state index in [1.54, 1.807) is 13.8 Å². The molecule has 4 aliphatic carbocycles. The van der Waals surface area contributed by atoms with Crippen LogP contribution in [0.1, 0.15) is 106 Å². The molecule has 5 nitrogen and oxygen atoms in total. The van der Waals surface area contributed by atoms with Crippen molar-refractivity contribution >= 4 is 5.78 Å². The third-order valence-electron chi connectivity index (χ3n) is 12.9. The van der Waals surface area contributed by atoms with Crippen molar-refractivity contribution in [1.29, 1.82) is 0 Å². The number of aliphatic hydroxyl groups is 3. The molecule has 0 aromatic heterocycles. The van der Waals surface area contributed by atoms with E-state index >= 15 is 0 Å². The average molecular weight is 491 g/mol. The van der Waals surface area contributed by atoms with Crippen molar-refractivity contribution in [1.82, 2.24) is 0 Å². The first kappa shape index (κ1) is 26.1. The highest BCUT2D eigenvalue weighted by Gasteiger charge is 2.73. The Bertz CT molecular complexity index is 876. The molecule has 4 saturated carbocycles. The molecule has 35 heavy (non-hydrogen) atoms. The fourth-order valence-electron chi connectivity index (χ4n) is 11.0. The van der Waals surface area contributed by atoms with Crippen molar-refractivity contribution in [3.8, 4) is 0 Å². The zero-order valence-electron chi connectivity index (χ0n) is 23.2. The summed E-state index contributed by atoms with van der Waals surface area (Å²) in [6.45, 7) is 15.1. The maximum atomic E-state index is 13.9. The number of rotatable bonds is 3. The fraction of sp³-hybridized carbons (Fsp3) is 0.967. The quantitative estimate of drug-likeness (QED) is 0.524. The zero-order chi connectivity index (χ0) is 25.8. The molecule has 3 N–H and O–H groups in total. The van der Waals surface area contributed by atoms with Gasteiger partial charge in [-0.15, -0.1) is 0 Å². The third-order valence-corrected chi connectivity index (χ3v) is 12.9. The van der Waals surface area contributed by atoms with E-state index in [4.69, 9.17) is 4.74 Å². The van der Waals surface area contributed by atoms with Crippen LogP contribution in [0.5, 0.6) is 0 Å². The Kier molecular flexibility index (Phi) is 5.80. The third kappa shape index (κ3) is 3.29. The summed E-state index contributed by atoms with van der Waals surface area (Å²) in [5.41, 5.74) is -2.02. The Hall–Kier alpha value is -0.490. The molecule has 0 spiro atoms. The minimum Gasteiger partial charge on any atom is -0.396 e. The average Bonchev–Trinajstić information content (AvgIpc) is 3.30. The highest BCUT2D eigenvalue weighted by molar-refractivity contribution is 5.86. The lowest BCUT2D eigenvalue weighted by molar-refractivity contribution is -0.238. The summed E-state index contributed by atoms with van der Waals surface area (Å²) in [6, 6.07) is 0. The van der Waals surface area contributed by atoms with Crippen molar-refractivity contribution in [2.24, 2.45) is 45.3 Å². The molecular formula is C30H50O5. The second-order valence-corrected chi connectivity index (χ2v) is 15.2. The second kappa shape index (κ2) is 7.77. The van der Waals surface area contributed by atoms with E-state index in [9.17, 15) is 20.1 Å². The molecule has 5 heteroatoms. The molecule has 5 aliphatic rings. The van der Waals surface area contributed by atoms with Crippen molar-refractivity contribution in [3.63, 3.8) is 0 Å². The molecular weight excluding hydrogens is 440 g/mol. The van der Waals surface area contributed by atoms with Gasteiger partial charge in [0.05, 0.1) is 23.4 Å². The molecule has 0 unspecified atom stereocenters. The summed E-state index contributed by atoms with van der Waals surface area (Å²) in [4.78, 5) is 13.9. The number of carbonyl (C=O) groups excluding carboxylic acids is 1. The van der Waals surface area contributed by atoms with Gasteiger partial charge in [0.15, 0.2) is 0 Å². The standard InChI is InChI=1S/C30H50O5/c1-25(2)20-10-14-28(6)21(27(20,5)13-11-22(25)33)9-8-18-24(19(32)16-30(18,28)17-31)29(7)15-12-23(35-29)26(3,4)34/h18,20-24,31,33-34H,8-17H2,1-7H3/t18-,20+,21-,22+,23-,24-,27+,28-,29+,30+/m1/s1. The first-order valence-corrected chi connectivity index (χ1v) is 14.3. The van der Waals surface area contributed by atoms with Crippen LogP contribution < -0.4 is 0 Å². The van der Waals surface area contributed by atoms with Gasteiger partial charge in [-0.3, -0.25) is 4.79 Å². The molecule has 10 atom stereocenters. The molecule has 0 radical (unpaired) electrons. The SMILES string of the molecule is CC(C)(O)[C@H]1CC[C@@](C)([C@H]2C(=O)C[C@]3(CO)[C@@H]2CC[C@@H]2[C@@]4(C)CC[C@H](O)C(C)(C)[C@@H]4CC[C@]23C)O1. The Balaban J connectivity index is 1.51. The number of ketones is 1. The van der Waals surface area contributed by atoms with Gasteiger partial charge >= 0.3 is 0 Å². The molecule has 0 bridgehead atoms. The summed E-state index contributed by atoms with van der Waals surface area (Å²) in [6.07, 6.45) is 7.44. The van der Waals surface area contributed by atoms with Crippen LogP contribution in [0.3, 0.4) is 0 Å². The monoisotopic (exact) mass is 490 g/mol. The maximum Gasteiger partial charge on any atom is 0.139 e. The van der Waals surface area contributed by atoms with Gasteiger partial charge in [-0.2, -0.15) is 0 Å². The van der Waals surface area contributed by atoms with Crippen LogP contribution in [-0.2, 0) is 9.53 Å². The highest BCUT2D eigenvalue weighted by Crippen LogP contribution is 2.75. The number of aliphatic hydroxyl groups excluding tert-OH is 2. The largest absolute Gasteiger partial charge is 0.396 e. The van der Waals surface area contributed by atoms with Gasteiger partial charge in [0.2, 0.25) is 0 Å².